The van der Waals surface area contributed by atoms with Crippen LogP contribution in [0.25, 0.3) is 0 Å². The van der Waals surface area contributed by atoms with Crippen molar-refractivity contribution in [3.63, 3.8) is 0 Å². The second-order valence-electron chi connectivity index (χ2n) is 10.5. The van der Waals surface area contributed by atoms with Crippen molar-refractivity contribution in [3.05, 3.63) is 129 Å². The van der Waals surface area contributed by atoms with Gasteiger partial charge in [0.2, 0.25) is 11.8 Å². The van der Waals surface area contributed by atoms with Crippen molar-refractivity contribution in [2.45, 2.75) is 44.2 Å². The summed E-state index contributed by atoms with van der Waals surface area (Å²) in [6, 6.07) is 26.1. The van der Waals surface area contributed by atoms with E-state index in [1.807, 2.05) is 44.2 Å². The van der Waals surface area contributed by atoms with Crippen molar-refractivity contribution in [2.24, 2.45) is 0 Å². The van der Waals surface area contributed by atoms with Crippen molar-refractivity contribution in [2.75, 3.05) is 17.4 Å². The van der Waals surface area contributed by atoms with E-state index in [4.69, 9.17) is 34.8 Å². The second kappa shape index (κ2) is 15.6. The highest BCUT2D eigenvalue weighted by Gasteiger charge is 2.35. The summed E-state index contributed by atoms with van der Waals surface area (Å²) >= 11 is 19.0. The summed E-state index contributed by atoms with van der Waals surface area (Å²) < 4.78 is 29.2. The van der Waals surface area contributed by atoms with Gasteiger partial charge in [-0.3, -0.25) is 13.9 Å². The number of carbonyl (C=O) groups excluding carboxylic acids is 2. The maximum absolute atomic E-state index is 14.5. The third-order valence-electron chi connectivity index (χ3n) is 7.20. The Kier molecular flexibility index (Phi) is 11.9. The molecule has 236 valence electrons. The number of sulfonamides is 1. The van der Waals surface area contributed by atoms with Crippen LogP contribution in [0.1, 0.15) is 30.0 Å². The first kappa shape index (κ1) is 34.3. The summed E-state index contributed by atoms with van der Waals surface area (Å²) in [6.45, 7) is 3.54. The smallest absolute Gasteiger partial charge is 0.264 e. The topological polar surface area (TPSA) is 86.8 Å². The number of hydrogen-bond donors (Lipinski definition) is 1. The number of halogens is 3. The first-order valence-electron chi connectivity index (χ1n) is 14.4. The predicted octanol–water partition coefficient (Wildman–Crippen LogP) is 7.32. The van der Waals surface area contributed by atoms with Crippen LogP contribution in [0.5, 0.6) is 0 Å². The van der Waals surface area contributed by atoms with Crippen LogP contribution in [-0.4, -0.2) is 44.3 Å². The van der Waals surface area contributed by atoms with Crippen LogP contribution < -0.4 is 9.62 Å². The molecular formula is C34H34Cl3N3O4S. The molecule has 0 saturated carbocycles. The van der Waals surface area contributed by atoms with Gasteiger partial charge in [0, 0.05) is 24.5 Å². The van der Waals surface area contributed by atoms with Crippen LogP contribution in [0.2, 0.25) is 15.1 Å². The molecule has 0 aliphatic heterocycles. The molecule has 0 radical (unpaired) electrons. The summed E-state index contributed by atoms with van der Waals surface area (Å²) in [4.78, 5) is 29.6. The standard InChI is InChI=1S/C34H34Cl3N3O4S/c1-3-19-38-34(42)32(20-25-9-5-4-6-10-25)39(22-26-11-7-8-12-29(26)35)33(41)23-40(27-15-18-30(36)31(37)21-27)45(43,44)28-16-13-24(2)14-17-28/h4-18,21,32H,3,19-20,22-23H2,1-2H3,(H,38,42)/t32-/m0/s1. The molecule has 0 bridgehead atoms. The van der Waals surface area contributed by atoms with Gasteiger partial charge >= 0.3 is 0 Å². The molecular weight excluding hydrogens is 653 g/mol. The van der Waals surface area contributed by atoms with Crippen LogP contribution >= 0.6 is 34.8 Å². The van der Waals surface area contributed by atoms with E-state index in [2.05, 4.69) is 5.32 Å². The number of benzene rings is 4. The maximum atomic E-state index is 14.5. The minimum atomic E-state index is -4.27. The Morgan fingerprint density at radius 2 is 1.49 bits per heavy atom. The van der Waals surface area contributed by atoms with Gasteiger partial charge in [-0.1, -0.05) is 108 Å². The van der Waals surface area contributed by atoms with Gasteiger partial charge in [0.25, 0.3) is 10.0 Å². The average Bonchev–Trinajstić information content (AvgIpc) is 3.03. The molecule has 4 aromatic rings. The van der Waals surface area contributed by atoms with E-state index in [9.17, 15) is 18.0 Å². The molecule has 0 unspecified atom stereocenters. The minimum absolute atomic E-state index is 0.00819. The fraction of sp³-hybridized carbons (Fsp3) is 0.235. The quantitative estimate of drug-likeness (QED) is 0.160. The first-order chi connectivity index (χ1) is 21.5. The Hall–Kier alpha value is -3.56. The number of hydrogen-bond acceptors (Lipinski definition) is 4. The van der Waals surface area contributed by atoms with Gasteiger partial charge in [-0.15, -0.1) is 0 Å². The number of amides is 2. The lowest BCUT2D eigenvalue weighted by Gasteiger charge is -2.34. The van der Waals surface area contributed by atoms with Crippen molar-refractivity contribution in [1.82, 2.24) is 10.2 Å². The lowest BCUT2D eigenvalue weighted by atomic mass is 10.0. The van der Waals surface area contributed by atoms with E-state index in [1.165, 1.54) is 35.2 Å². The Balaban J connectivity index is 1.82. The van der Waals surface area contributed by atoms with Crippen LogP contribution in [0.15, 0.2) is 102 Å². The summed E-state index contributed by atoms with van der Waals surface area (Å²) in [5.41, 5.74) is 2.46. The predicted molar refractivity (Wildman–Crippen MR) is 181 cm³/mol. The number of nitrogens with one attached hydrogen (secondary N) is 1. The Labute approximate surface area is 279 Å². The molecule has 0 heterocycles. The molecule has 1 N–H and O–H groups in total. The molecule has 0 spiro atoms. The zero-order valence-electron chi connectivity index (χ0n) is 24.9. The molecule has 2 amide bonds. The first-order valence-corrected chi connectivity index (χ1v) is 17.0. The maximum Gasteiger partial charge on any atom is 0.264 e. The van der Waals surface area contributed by atoms with Gasteiger partial charge < -0.3 is 10.2 Å². The van der Waals surface area contributed by atoms with Crippen LogP contribution in [-0.2, 0) is 32.6 Å². The van der Waals surface area contributed by atoms with E-state index < -0.39 is 28.5 Å². The second-order valence-corrected chi connectivity index (χ2v) is 13.6. The Morgan fingerprint density at radius 3 is 2.13 bits per heavy atom. The van der Waals surface area contributed by atoms with Gasteiger partial charge in [-0.2, -0.15) is 0 Å². The van der Waals surface area contributed by atoms with Crippen LogP contribution in [0.4, 0.5) is 5.69 Å². The summed E-state index contributed by atoms with van der Waals surface area (Å²) in [5.74, 6) is -0.965. The number of carbonyl (C=O) groups is 2. The SMILES string of the molecule is CCCNC(=O)[C@H](Cc1ccccc1)N(Cc1ccccc1Cl)C(=O)CN(c1ccc(Cl)c(Cl)c1)S(=O)(=O)c1ccc(C)cc1. The highest BCUT2D eigenvalue weighted by molar-refractivity contribution is 7.92. The lowest BCUT2D eigenvalue weighted by molar-refractivity contribution is -0.140. The third-order valence-corrected chi connectivity index (χ3v) is 10.1. The number of aryl methyl sites for hydroxylation is 1. The van der Waals surface area contributed by atoms with Gasteiger partial charge in [-0.05, 0) is 60.9 Å². The largest absolute Gasteiger partial charge is 0.354 e. The molecule has 45 heavy (non-hydrogen) atoms. The molecule has 0 aliphatic rings. The van der Waals surface area contributed by atoms with Gasteiger partial charge in [-0.25, -0.2) is 8.42 Å². The molecule has 0 aromatic heterocycles. The molecule has 4 aromatic carbocycles. The normalized spacial score (nSPS) is 11.9. The van der Waals surface area contributed by atoms with Crippen molar-refractivity contribution < 1.29 is 18.0 Å². The minimum Gasteiger partial charge on any atom is -0.354 e. The lowest BCUT2D eigenvalue weighted by Crippen LogP contribution is -2.53. The highest BCUT2D eigenvalue weighted by Crippen LogP contribution is 2.31. The average molecular weight is 687 g/mol. The van der Waals surface area contributed by atoms with Gasteiger partial charge in [0.05, 0.1) is 20.6 Å². The van der Waals surface area contributed by atoms with E-state index in [0.29, 0.717) is 23.6 Å². The Bertz CT molecular complexity index is 1740. The molecule has 1 atom stereocenters. The Morgan fingerprint density at radius 1 is 0.822 bits per heavy atom. The number of anilines is 1. The fourth-order valence-corrected chi connectivity index (χ4v) is 6.63. The zero-order valence-corrected chi connectivity index (χ0v) is 28.0. The summed E-state index contributed by atoms with van der Waals surface area (Å²) in [6.07, 6.45) is 0.895. The third kappa shape index (κ3) is 8.79. The molecule has 7 nitrogen and oxygen atoms in total. The van der Waals surface area contributed by atoms with Gasteiger partial charge in [0.15, 0.2) is 0 Å². The van der Waals surface area contributed by atoms with Crippen LogP contribution in [0.3, 0.4) is 0 Å². The van der Waals surface area contributed by atoms with Gasteiger partial charge in [0.1, 0.15) is 12.6 Å². The van der Waals surface area contributed by atoms with Crippen molar-refractivity contribution in [1.29, 1.82) is 0 Å². The zero-order chi connectivity index (χ0) is 32.6. The van der Waals surface area contributed by atoms with Crippen molar-refractivity contribution in [3.8, 4) is 0 Å². The molecule has 4 rings (SSSR count). The monoisotopic (exact) mass is 685 g/mol. The van der Waals surface area contributed by atoms with E-state index in [-0.39, 0.29) is 39.5 Å². The number of nitrogens with zero attached hydrogens (tertiary/aromatic N) is 2. The number of rotatable bonds is 13. The van der Waals surface area contributed by atoms with E-state index >= 15 is 0 Å². The van der Waals surface area contributed by atoms with E-state index in [1.54, 1.807) is 36.4 Å². The van der Waals surface area contributed by atoms with Crippen LogP contribution in [0, 0.1) is 6.92 Å². The molecule has 0 fully saturated rings. The summed E-state index contributed by atoms with van der Waals surface area (Å²) in [5, 5.41) is 3.69. The van der Waals surface area contributed by atoms with E-state index in [0.717, 1.165) is 15.4 Å². The molecule has 0 saturated heterocycles. The highest BCUT2D eigenvalue weighted by atomic mass is 35.5. The molecule has 11 heteroatoms. The summed E-state index contributed by atoms with van der Waals surface area (Å²) in [7, 11) is -4.27. The molecule has 0 aliphatic carbocycles. The fourth-order valence-electron chi connectivity index (χ4n) is 4.74. The van der Waals surface area contributed by atoms with Crippen molar-refractivity contribution >= 4 is 62.3 Å².